The van der Waals surface area contributed by atoms with Crippen LogP contribution in [0.25, 0.3) is 5.65 Å². The monoisotopic (exact) mass is 222 g/mol. The van der Waals surface area contributed by atoms with E-state index in [-0.39, 0.29) is 5.30 Å². The second-order valence-electron chi connectivity index (χ2n) is 2.80. The number of carbonyl (C=O) groups excluding carboxylic acids is 1. The third-order valence-electron chi connectivity index (χ3n) is 1.84. The van der Waals surface area contributed by atoms with E-state index < -0.39 is 0 Å². The van der Waals surface area contributed by atoms with Crippen molar-refractivity contribution in [3.8, 4) is 0 Å². The minimum atomic E-state index is -0.293. The fourth-order valence-corrected chi connectivity index (χ4v) is 1.98. The highest BCUT2D eigenvalue weighted by molar-refractivity contribution is 8.13. The Morgan fingerprint density at radius 1 is 1.60 bits per heavy atom. The van der Waals surface area contributed by atoms with Crippen molar-refractivity contribution in [2.75, 3.05) is 6.61 Å². The smallest absolute Gasteiger partial charge is 0.373 e. The van der Waals surface area contributed by atoms with Gasteiger partial charge in [-0.2, -0.15) is 0 Å². The van der Waals surface area contributed by atoms with E-state index in [4.69, 9.17) is 4.74 Å². The summed E-state index contributed by atoms with van der Waals surface area (Å²) in [5.41, 5.74) is 0.823. The van der Waals surface area contributed by atoms with Crippen molar-refractivity contribution in [2.24, 2.45) is 0 Å². The SMILES string of the molecule is CCOC(=O)Sc1cccc2nccn12. The minimum Gasteiger partial charge on any atom is -0.458 e. The molecule has 0 amide bonds. The molecule has 5 heteroatoms. The van der Waals surface area contributed by atoms with Crippen LogP contribution < -0.4 is 0 Å². The zero-order valence-electron chi connectivity index (χ0n) is 8.21. The van der Waals surface area contributed by atoms with Gasteiger partial charge in [0.2, 0.25) is 0 Å². The summed E-state index contributed by atoms with van der Waals surface area (Å²) in [7, 11) is 0. The quantitative estimate of drug-likeness (QED) is 0.578. The van der Waals surface area contributed by atoms with Gasteiger partial charge in [-0.3, -0.25) is 4.40 Å². The lowest BCUT2D eigenvalue weighted by Crippen LogP contribution is -1.98. The van der Waals surface area contributed by atoms with Crippen LogP contribution in [0, 0.1) is 0 Å². The summed E-state index contributed by atoms with van der Waals surface area (Å²) in [5, 5.41) is 0.516. The van der Waals surface area contributed by atoms with Crippen molar-refractivity contribution in [1.29, 1.82) is 0 Å². The lowest BCUT2D eigenvalue weighted by Gasteiger charge is -2.03. The third kappa shape index (κ3) is 2.12. The number of hydrogen-bond donors (Lipinski definition) is 0. The van der Waals surface area contributed by atoms with Crippen molar-refractivity contribution in [1.82, 2.24) is 9.38 Å². The standard InChI is InChI=1S/C10H10N2O2S/c1-2-14-10(13)15-9-5-3-4-8-11-6-7-12(8)9/h3-7H,2H2,1H3. The second-order valence-corrected chi connectivity index (χ2v) is 3.76. The molecule has 2 aromatic heterocycles. The van der Waals surface area contributed by atoms with Gasteiger partial charge in [0.05, 0.1) is 11.6 Å². The fraction of sp³-hybridized carbons (Fsp3) is 0.200. The Balaban J connectivity index is 2.27. The summed E-state index contributed by atoms with van der Waals surface area (Å²) < 4.78 is 6.71. The Morgan fingerprint density at radius 2 is 2.47 bits per heavy atom. The number of carbonyl (C=O) groups is 1. The summed E-state index contributed by atoms with van der Waals surface area (Å²) in [6.45, 7) is 2.18. The van der Waals surface area contributed by atoms with E-state index >= 15 is 0 Å². The first-order chi connectivity index (χ1) is 7.31. The molecule has 0 aliphatic carbocycles. The van der Waals surface area contributed by atoms with Crippen LogP contribution in [-0.4, -0.2) is 21.3 Å². The van der Waals surface area contributed by atoms with Crippen molar-refractivity contribution >= 4 is 22.7 Å². The first kappa shape index (κ1) is 10.0. The largest absolute Gasteiger partial charge is 0.458 e. The van der Waals surface area contributed by atoms with Crippen LogP contribution in [0.15, 0.2) is 35.6 Å². The Kier molecular flexibility index (Phi) is 2.91. The fourth-order valence-electron chi connectivity index (χ4n) is 1.24. The maximum atomic E-state index is 11.3. The maximum Gasteiger partial charge on any atom is 0.373 e. The molecule has 2 heterocycles. The Morgan fingerprint density at radius 3 is 3.27 bits per heavy atom. The zero-order valence-corrected chi connectivity index (χ0v) is 9.03. The van der Waals surface area contributed by atoms with Gasteiger partial charge in [-0.1, -0.05) is 6.07 Å². The van der Waals surface area contributed by atoms with Gasteiger partial charge in [0, 0.05) is 24.2 Å². The average Bonchev–Trinajstić information content (AvgIpc) is 2.67. The molecule has 4 nitrogen and oxygen atoms in total. The minimum absolute atomic E-state index is 0.293. The normalized spacial score (nSPS) is 10.5. The van der Waals surface area contributed by atoms with E-state index in [1.807, 2.05) is 28.8 Å². The van der Waals surface area contributed by atoms with Gasteiger partial charge in [0.15, 0.2) is 0 Å². The molecule has 2 rings (SSSR count). The van der Waals surface area contributed by atoms with E-state index in [0.29, 0.717) is 6.61 Å². The lowest BCUT2D eigenvalue weighted by molar-refractivity contribution is 0.181. The predicted molar refractivity (Wildman–Crippen MR) is 58.1 cm³/mol. The molecule has 0 spiro atoms. The summed E-state index contributed by atoms with van der Waals surface area (Å²) in [6, 6.07) is 5.61. The molecule has 0 fully saturated rings. The number of thioether (sulfide) groups is 1. The molecule has 0 unspecified atom stereocenters. The number of hydrogen-bond acceptors (Lipinski definition) is 4. The number of pyridine rings is 1. The molecule has 0 aromatic carbocycles. The van der Waals surface area contributed by atoms with Gasteiger partial charge in [-0.15, -0.1) is 0 Å². The summed E-state index contributed by atoms with van der Waals surface area (Å²) in [5.74, 6) is 0. The molecule has 2 aromatic rings. The Bertz CT molecular complexity index is 481. The second kappa shape index (κ2) is 4.35. The number of nitrogens with zero attached hydrogens (tertiary/aromatic N) is 2. The molecule has 78 valence electrons. The van der Waals surface area contributed by atoms with E-state index in [1.54, 1.807) is 13.1 Å². The van der Waals surface area contributed by atoms with Gasteiger partial charge in [0.25, 0.3) is 0 Å². The van der Waals surface area contributed by atoms with Crippen molar-refractivity contribution in [3.63, 3.8) is 0 Å². The number of aromatic nitrogens is 2. The highest BCUT2D eigenvalue weighted by atomic mass is 32.2. The van der Waals surface area contributed by atoms with Crippen LogP contribution in [0.4, 0.5) is 4.79 Å². The molecule has 0 radical (unpaired) electrons. The van der Waals surface area contributed by atoms with E-state index in [2.05, 4.69) is 4.98 Å². The number of imidazole rings is 1. The molecular formula is C10H10N2O2S. The van der Waals surface area contributed by atoms with Gasteiger partial charge in [-0.05, 0) is 19.1 Å². The van der Waals surface area contributed by atoms with Crippen LogP contribution in [0.3, 0.4) is 0 Å². The van der Waals surface area contributed by atoms with Crippen LogP contribution in [0.5, 0.6) is 0 Å². The highest BCUT2D eigenvalue weighted by Crippen LogP contribution is 2.20. The van der Waals surface area contributed by atoms with Crippen LogP contribution in [0.1, 0.15) is 6.92 Å². The summed E-state index contributed by atoms with van der Waals surface area (Å²) >= 11 is 1.06. The molecule has 0 aliphatic heterocycles. The Labute approximate surface area is 91.3 Å². The molecule has 0 aliphatic rings. The third-order valence-corrected chi connectivity index (χ3v) is 2.67. The predicted octanol–water partition coefficient (Wildman–Crippen LogP) is 2.58. The zero-order chi connectivity index (χ0) is 10.7. The summed E-state index contributed by atoms with van der Waals surface area (Å²) in [6.07, 6.45) is 3.52. The summed E-state index contributed by atoms with van der Waals surface area (Å²) in [4.78, 5) is 15.4. The van der Waals surface area contributed by atoms with E-state index in [1.165, 1.54) is 0 Å². The lowest BCUT2D eigenvalue weighted by atomic mass is 10.5. The van der Waals surface area contributed by atoms with Gasteiger partial charge < -0.3 is 4.74 Å². The molecule has 0 saturated heterocycles. The van der Waals surface area contributed by atoms with Crippen molar-refractivity contribution in [2.45, 2.75) is 11.9 Å². The topological polar surface area (TPSA) is 43.6 Å². The number of rotatable bonds is 2. The van der Waals surface area contributed by atoms with Crippen molar-refractivity contribution < 1.29 is 9.53 Å². The van der Waals surface area contributed by atoms with Crippen LogP contribution >= 0.6 is 11.8 Å². The van der Waals surface area contributed by atoms with E-state index in [9.17, 15) is 4.79 Å². The molecule has 0 saturated carbocycles. The van der Waals surface area contributed by atoms with Gasteiger partial charge >= 0.3 is 5.30 Å². The molecule has 0 atom stereocenters. The van der Waals surface area contributed by atoms with E-state index in [0.717, 1.165) is 22.4 Å². The van der Waals surface area contributed by atoms with Gasteiger partial charge in [0.1, 0.15) is 5.65 Å². The van der Waals surface area contributed by atoms with Crippen LogP contribution in [0.2, 0.25) is 0 Å². The first-order valence-corrected chi connectivity index (χ1v) is 5.39. The average molecular weight is 222 g/mol. The number of fused-ring (bicyclic) bond motifs is 1. The molecular weight excluding hydrogens is 212 g/mol. The van der Waals surface area contributed by atoms with Crippen molar-refractivity contribution in [3.05, 3.63) is 30.6 Å². The maximum absolute atomic E-state index is 11.3. The molecule has 15 heavy (non-hydrogen) atoms. The Hall–Kier alpha value is -1.49. The molecule has 0 bridgehead atoms. The van der Waals surface area contributed by atoms with Gasteiger partial charge in [-0.25, -0.2) is 9.78 Å². The van der Waals surface area contributed by atoms with Crippen LogP contribution in [-0.2, 0) is 4.74 Å². The number of ether oxygens (including phenoxy) is 1. The molecule has 0 N–H and O–H groups in total. The highest BCUT2D eigenvalue weighted by Gasteiger charge is 2.08. The first-order valence-electron chi connectivity index (χ1n) is 4.58.